The van der Waals surface area contributed by atoms with Gasteiger partial charge in [0.25, 0.3) is 0 Å². The van der Waals surface area contributed by atoms with Crippen LogP contribution in [0.3, 0.4) is 0 Å². The number of hydrogen-bond acceptors (Lipinski definition) is 4. The van der Waals surface area contributed by atoms with E-state index in [0.29, 0.717) is 12.5 Å². The summed E-state index contributed by atoms with van der Waals surface area (Å²) in [6.45, 7) is 5.26. The summed E-state index contributed by atoms with van der Waals surface area (Å²) in [5.41, 5.74) is -0.750. The lowest BCUT2D eigenvalue weighted by Gasteiger charge is -2.10. The van der Waals surface area contributed by atoms with E-state index in [1.807, 2.05) is 0 Å². The van der Waals surface area contributed by atoms with Crippen molar-refractivity contribution < 1.29 is 9.90 Å². The first-order valence-electron chi connectivity index (χ1n) is 6.27. The molecule has 0 saturated carbocycles. The van der Waals surface area contributed by atoms with Crippen molar-refractivity contribution in [3.05, 3.63) is 46.4 Å². The zero-order chi connectivity index (χ0) is 14.7. The molecule has 7 heteroatoms. The Balaban J connectivity index is 2.27. The van der Waals surface area contributed by atoms with E-state index in [2.05, 4.69) is 23.9 Å². The van der Waals surface area contributed by atoms with Crippen molar-refractivity contribution in [1.82, 2.24) is 19.3 Å². The summed E-state index contributed by atoms with van der Waals surface area (Å²) in [5, 5.41) is 13.1. The molecule has 0 fully saturated rings. The van der Waals surface area contributed by atoms with Gasteiger partial charge in [0.05, 0.1) is 6.54 Å². The molecule has 1 N–H and O–H groups in total. The van der Waals surface area contributed by atoms with Crippen LogP contribution < -0.4 is 5.43 Å². The van der Waals surface area contributed by atoms with Crippen molar-refractivity contribution in [2.24, 2.45) is 5.92 Å². The molecular weight excluding hydrogens is 260 g/mol. The number of nitrogens with zero attached hydrogens (tertiary/aromatic N) is 4. The van der Waals surface area contributed by atoms with Crippen LogP contribution in [0.15, 0.2) is 29.6 Å². The van der Waals surface area contributed by atoms with Crippen LogP contribution >= 0.6 is 0 Å². The largest absolute Gasteiger partial charge is 0.477 e. The van der Waals surface area contributed by atoms with Crippen molar-refractivity contribution >= 4 is 5.97 Å². The SMILES string of the molecule is CC(C)Cn1ncnc1Cn1ccc(=O)c(C(=O)O)c1. The first-order valence-corrected chi connectivity index (χ1v) is 6.27. The highest BCUT2D eigenvalue weighted by molar-refractivity contribution is 5.86. The van der Waals surface area contributed by atoms with Gasteiger partial charge < -0.3 is 9.67 Å². The fraction of sp³-hybridized carbons (Fsp3) is 0.385. The van der Waals surface area contributed by atoms with Crippen LogP contribution in [-0.4, -0.2) is 30.4 Å². The van der Waals surface area contributed by atoms with E-state index < -0.39 is 11.4 Å². The molecular formula is C13H16N4O3. The average Bonchev–Trinajstić information content (AvgIpc) is 2.78. The third-order valence-corrected chi connectivity index (χ3v) is 2.77. The quantitative estimate of drug-likeness (QED) is 0.874. The maximum Gasteiger partial charge on any atom is 0.341 e. The molecule has 0 atom stereocenters. The normalized spacial score (nSPS) is 10.9. The molecule has 0 aromatic carbocycles. The molecule has 0 bridgehead atoms. The summed E-state index contributed by atoms with van der Waals surface area (Å²) in [4.78, 5) is 26.5. The minimum absolute atomic E-state index is 0.248. The van der Waals surface area contributed by atoms with Crippen molar-refractivity contribution in [1.29, 1.82) is 0 Å². The second-order valence-corrected chi connectivity index (χ2v) is 4.95. The van der Waals surface area contributed by atoms with Crippen molar-refractivity contribution in [2.75, 3.05) is 0 Å². The van der Waals surface area contributed by atoms with Gasteiger partial charge in [0, 0.05) is 25.0 Å². The van der Waals surface area contributed by atoms with Crippen molar-refractivity contribution in [3.63, 3.8) is 0 Å². The lowest BCUT2D eigenvalue weighted by molar-refractivity contribution is 0.0694. The molecule has 0 aliphatic carbocycles. The Kier molecular flexibility index (Phi) is 3.97. The molecule has 0 unspecified atom stereocenters. The van der Waals surface area contributed by atoms with E-state index in [-0.39, 0.29) is 5.56 Å². The number of aromatic carboxylic acids is 1. The van der Waals surface area contributed by atoms with Gasteiger partial charge in [0.15, 0.2) is 5.43 Å². The first kappa shape index (κ1) is 14.0. The Morgan fingerprint density at radius 1 is 1.45 bits per heavy atom. The van der Waals surface area contributed by atoms with Gasteiger partial charge in [-0.1, -0.05) is 13.8 Å². The van der Waals surface area contributed by atoms with E-state index in [4.69, 9.17) is 5.11 Å². The van der Waals surface area contributed by atoms with E-state index in [1.165, 1.54) is 18.6 Å². The summed E-state index contributed by atoms with van der Waals surface area (Å²) in [7, 11) is 0. The van der Waals surface area contributed by atoms with Crippen LogP contribution in [0.2, 0.25) is 0 Å². The highest BCUT2D eigenvalue weighted by atomic mass is 16.4. The van der Waals surface area contributed by atoms with Gasteiger partial charge >= 0.3 is 5.97 Å². The van der Waals surface area contributed by atoms with Crippen LogP contribution in [-0.2, 0) is 13.1 Å². The van der Waals surface area contributed by atoms with Crippen LogP contribution in [0.25, 0.3) is 0 Å². The number of pyridine rings is 1. The Hall–Kier alpha value is -2.44. The maximum atomic E-state index is 11.4. The minimum Gasteiger partial charge on any atom is -0.477 e. The Morgan fingerprint density at radius 3 is 2.85 bits per heavy atom. The van der Waals surface area contributed by atoms with Gasteiger partial charge in [-0.2, -0.15) is 5.10 Å². The topological polar surface area (TPSA) is 90.0 Å². The number of rotatable bonds is 5. The average molecular weight is 276 g/mol. The van der Waals surface area contributed by atoms with Crippen LogP contribution in [0.5, 0.6) is 0 Å². The highest BCUT2D eigenvalue weighted by Gasteiger charge is 2.10. The number of carbonyl (C=O) groups is 1. The van der Waals surface area contributed by atoms with E-state index in [1.54, 1.807) is 15.4 Å². The summed E-state index contributed by atoms with van der Waals surface area (Å²) >= 11 is 0. The molecule has 7 nitrogen and oxygen atoms in total. The second-order valence-electron chi connectivity index (χ2n) is 4.95. The lowest BCUT2D eigenvalue weighted by atomic mass is 10.2. The highest BCUT2D eigenvalue weighted by Crippen LogP contribution is 2.04. The maximum absolute atomic E-state index is 11.4. The van der Waals surface area contributed by atoms with Gasteiger partial charge in [0.1, 0.15) is 17.7 Å². The molecule has 0 aliphatic rings. The molecule has 0 saturated heterocycles. The molecule has 2 aromatic heterocycles. The van der Waals surface area contributed by atoms with E-state index in [9.17, 15) is 9.59 Å². The van der Waals surface area contributed by atoms with Crippen LogP contribution in [0, 0.1) is 5.92 Å². The summed E-state index contributed by atoms with van der Waals surface area (Å²) in [5.74, 6) is -0.0780. The van der Waals surface area contributed by atoms with E-state index in [0.717, 1.165) is 12.4 Å². The summed E-state index contributed by atoms with van der Waals surface area (Å²) in [6.07, 6.45) is 4.33. The third kappa shape index (κ3) is 3.11. The zero-order valence-corrected chi connectivity index (χ0v) is 11.4. The first-order chi connectivity index (χ1) is 9.47. The number of carboxylic acids is 1. The summed E-state index contributed by atoms with van der Waals surface area (Å²) in [6, 6.07) is 1.24. The molecule has 0 spiro atoms. The van der Waals surface area contributed by atoms with Gasteiger partial charge in [-0.15, -0.1) is 0 Å². The molecule has 0 radical (unpaired) electrons. The smallest absolute Gasteiger partial charge is 0.341 e. The molecule has 106 valence electrons. The summed E-state index contributed by atoms with van der Waals surface area (Å²) < 4.78 is 3.40. The molecule has 2 heterocycles. The predicted octanol–water partition coefficient (Wildman–Crippen LogP) is 0.842. The lowest BCUT2D eigenvalue weighted by Crippen LogP contribution is -2.18. The molecule has 2 aromatic rings. The Bertz CT molecular complexity index is 672. The van der Waals surface area contributed by atoms with Crippen molar-refractivity contribution in [2.45, 2.75) is 26.9 Å². The predicted molar refractivity (Wildman–Crippen MR) is 71.6 cm³/mol. The Morgan fingerprint density at radius 2 is 2.20 bits per heavy atom. The molecule has 2 rings (SSSR count). The van der Waals surface area contributed by atoms with Gasteiger partial charge in [0.2, 0.25) is 0 Å². The third-order valence-electron chi connectivity index (χ3n) is 2.77. The molecule has 0 amide bonds. The van der Waals surface area contributed by atoms with Crippen molar-refractivity contribution in [3.8, 4) is 0 Å². The fourth-order valence-corrected chi connectivity index (χ4v) is 1.86. The fourth-order valence-electron chi connectivity index (χ4n) is 1.86. The van der Waals surface area contributed by atoms with E-state index >= 15 is 0 Å². The minimum atomic E-state index is -1.23. The zero-order valence-electron chi connectivity index (χ0n) is 11.4. The molecule has 0 aliphatic heterocycles. The second kappa shape index (κ2) is 5.68. The Labute approximate surface area is 115 Å². The molecule has 20 heavy (non-hydrogen) atoms. The monoisotopic (exact) mass is 276 g/mol. The van der Waals surface area contributed by atoms with Gasteiger partial charge in [-0.25, -0.2) is 14.5 Å². The standard InChI is InChI=1S/C13H16N4O3/c1-9(2)5-17-12(14-8-15-17)7-16-4-3-11(18)10(6-16)13(19)20/h3-4,6,8-9H,5,7H2,1-2H3,(H,19,20). The van der Waals surface area contributed by atoms with Gasteiger partial charge in [-0.3, -0.25) is 4.79 Å². The van der Waals surface area contributed by atoms with Crippen LogP contribution in [0.4, 0.5) is 0 Å². The number of aromatic nitrogens is 4. The number of hydrogen-bond donors (Lipinski definition) is 1. The number of carboxylic acid groups (broad SMARTS) is 1. The van der Waals surface area contributed by atoms with Crippen LogP contribution in [0.1, 0.15) is 30.0 Å². The van der Waals surface area contributed by atoms with Gasteiger partial charge in [-0.05, 0) is 5.92 Å².